The average molecular weight is 323 g/mol. The van der Waals surface area contributed by atoms with Gasteiger partial charge in [-0.3, -0.25) is 4.98 Å². The molecule has 0 aliphatic heterocycles. The van der Waals surface area contributed by atoms with Gasteiger partial charge in [-0.25, -0.2) is 4.39 Å². The highest BCUT2D eigenvalue weighted by molar-refractivity contribution is 5.53. The van der Waals surface area contributed by atoms with Gasteiger partial charge in [-0.05, 0) is 36.4 Å². The van der Waals surface area contributed by atoms with Gasteiger partial charge in [-0.1, -0.05) is 5.16 Å². The summed E-state index contributed by atoms with van der Waals surface area (Å²) in [5.41, 5.74) is 1.44. The van der Waals surface area contributed by atoms with Crippen LogP contribution in [0.4, 0.5) is 4.39 Å². The van der Waals surface area contributed by atoms with E-state index in [1.54, 1.807) is 36.7 Å². The minimum Gasteiger partial charge on any atom is -0.420 e. The molecule has 0 aliphatic rings. The van der Waals surface area contributed by atoms with Crippen molar-refractivity contribution in [3.05, 3.63) is 66.4 Å². The molecule has 0 spiro atoms. The van der Waals surface area contributed by atoms with Gasteiger partial charge in [0.15, 0.2) is 0 Å². The molecule has 4 aromatic rings. The molecule has 0 fully saturated rings. The summed E-state index contributed by atoms with van der Waals surface area (Å²) < 4.78 is 23.7. The lowest BCUT2D eigenvalue weighted by atomic mass is 10.2. The molecule has 0 amide bonds. The molecule has 0 N–H and O–H groups in total. The second kappa shape index (κ2) is 5.99. The molecule has 0 saturated carbocycles. The lowest BCUT2D eigenvalue weighted by molar-refractivity contribution is 0.374. The molecule has 0 saturated heterocycles. The first-order valence-electron chi connectivity index (χ1n) is 7.09. The largest absolute Gasteiger partial charge is 0.420 e. The number of pyridine rings is 1. The van der Waals surface area contributed by atoms with E-state index in [2.05, 4.69) is 25.3 Å². The van der Waals surface area contributed by atoms with E-state index in [1.807, 2.05) is 0 Å². The number of benzene rings is 1. The molecular formula is C16H10FN5O2. The van der Waals surface area contributed by atoms with Crippen molar-refractivity contribution in [1.82, 2.24) is 25.3 Å². The lowest BCUT2D eigenvalue weighted by Gasteiger charge is -1.93. The summed E-state index contributed by atoms with van der Waals surface area (Å²) >= 11 is 0. The molecule has 118 valence electrons. The Hall–Kier alpha value is -3.42. The number of hydrogen-bond donors (Lipinski definition) is 0. The maximum Gasteiger partial charge on any atom is 0.247 e. The van der Waals surface area contributed by atoms with Gasteiger partial charge in [0.2, 0.25) is 23.5 Å². The molecular weight excluding hydrogens is 313 g/mol. The normalized spacial score (nSPS) is 10.9. The van der Waals surface area contributed by atoms with Crippen molar-refractivity contribution in [2.24, 2.45) is 0 Å². The van der Waals surface area contributed by atoms with Gasteiger partial charge < -0.3 is 8.94 Å². The third-order valence-corrected chi connectivity index (χ3v) is 3.27. The van der Waals surface area contributed by atoms with Crippen LogP contribution in [0, 0.1) is 5.82 Å². The Morgan fingerprint density at radius 2 is 1.67 bits per heavy atom. The van der Waals surface area contributed by atoms with E-state index in [-0.39, 0.29) is 12.2 Å². The van der Waals surface area contributed by atoms with Crippen LogP contribution in [0.2, 0.25) is 0 Å². The van der Waals surface area contributed by atoms with E-state index in [0.29, 0.717) is 29.1 Å². The minimum absolute atomic E-state index is 0.215. The summed E-state index contributed by atoms with van der Waals surface area (Å²) in [6, 6.07) is 9.38. The van der Waals surface area contributed by atoms with Crippen LogP contribution >= 0.6 is 0 Å². The molecule has 7 nitrogen and oxygen atoms in total. The van der Waals surface area contributed by atoms with Crippen molar-refractivity contribution in [1.29, 1.82) is 0 Å². The zero-order valence-corrected chi connectivity index (χ0v) is 12.3. The number of nitrogens with zero attached hydrogens (tertiary/aromatic N) is 5. The zero-order chi connectivity index (χ0) is 16.4. The predicted molar refractivity (Wildman–Crippen MR) is 80.0 cm³/mol. The van der Waals surface area contributed by atoms with Crippen LogP contribution in [0.5, 0.6) is 0 Å². The molecule has 3 aromatic heterocycles. The maximum absolute atomic E-state index is 12.9. The van der Waals surface area contributed by atoms with Crippen LogP contribution in [0.3, 0.4) is 0 Å². The van der Waals surface area contributed by atoms with Crippen molar-refractivity contribution in [3.8, 4) is 22.8 Å². The highest BCUT2D eigenvalue weighted by atomic mass is 19.1. The topological polar surface area (TPSA) is 90.7 Å². The molecule has 4 rings (SSSR count). The monoisotopic (exact) mass is 323 g/mol. The number of halogens is 1. The van der Waals surface area contributed by atoms with E-state index >= 15 is 0 Å². The fraction of sp³-hybridized carbons (Fsp3) is 0.0625. The Bertz CT molecular complexity index is 950. The van der Waals surface area contributed by atoms with Gasteiger partial charge in [0.05, 0.1) is 0 Å². The SMILES string of the molecule is Fc1ccc(-c2nnc(Cc3nc(-c4ccncc4)no3)o2)cc1. The van der Waals surface area contributed by atoms with Gasteiger partial charge in [0, 0.05) is 23.5 Å². The maximum atomic E-state index is 12.9. The second-order valence-corrected chi connectivity index (χ2v) is 4.93. The number of rotatable bonds is 4. The predicted octanol–water partition coefficient (Wildman–Crippen LogP) is 2.91. The summed E-state index contributed by atoms with van der Waals surface area (Å²) in [5.74, 6) is 1.13. The molecule has 0 aliphatic carbocycles. The van der Waals surface area contributed by atoms with Crippen LogP contribution in [0.15, 0.2) is 57.7 Å². The molecule has 0 atom stereocenters. The Balaban J connectivity index is 1.52. The summed E-state index contributed by atoms with van der Waals surface area (Å²) in [6.45, 7) is 0. The zero-order valence-electron chi connectivity index (χ0n) is 12.3. The fourth-order valence-electron chi connectivity index (χ4n) is 2.11. The molecule has 0 radical (unpaired) electrons. The Kier molecular flexibility index (Phi) is 3.54. The first kappa shape index (κ1) is 14.2. The summed E-state index contributed by atoms with van der Waals surface area (Å²) in [4.78, 5) is 8.23. The van der Waals surface area contributed by atoms with E-state index in [4.69, 9.17) is 8.94 Å². The molecule has 1 aromatic carbocycles. The smallest absolute Gasteiger partial charge is 0.247 e. The van der Waals surface area contributed by atoms with Crippen molar-refractivity contribution >= 4 is 0 Å². The van der Waals surface area contributed by atoms with E-state index < -0.39 is 0 Å². The first-order valence-corrected chi connectivity index (χ1v) is 7.09. The molecule has 8 heteroatoms. The second-order valence-electron chi connectivity index (χ2n) is 4.93. The molecule has 0 unspecified atom stereocenters. The molecule has 0 bridgehead atoms. The van der Waals surface area contributed by atoms with Crippen LogP contribution in [0.25, 0.3) is 22.8 Å². The van der Waals surface area contributed by atoms with E-state index in [1.165, 1.54) is 12.1 Å². The Morgan fingerprint density at radius 3 is 2.46 bits per heavy atom. The highest BCUT2D eigenvalue weighted by Gasteiger charge is 2.14. The number of hydrogen-bond acceptors (Lipinski definition) is 7. The average Bonchev–Trinajstić information content (AvgIpc) is 3.27. The summed E-state index contributed by atoms with van der Waals surface area (Å²) in [6.07, 6.45) is 3.52. The number of aromatic nitrogens is 5. The van der Waals surface area contributed by atoms with E-state index in [0.717, 1.165) is 5.56 Å². The lowest BCUT2D eigenvalue weighted by Crippen LogP contribution is -1.89. The Labute approximate surface area is 135 Å². The minimum atomic E-state index is -0.326. The van der Waals surface area contributed by atoms with Gasteiger partial charge in [0.1, 0.15) is 12.2 Å². The van der Waals surface area contributed by atoms with Gasteiger partial charge >= 0.3 is 0 Å². The Morgan fingerprint density at radius 1 is 0.875 bits per heavy atom. The van der Waals surface area contributed by atoms with Gasteiger partial charge in [-0.2, -0.15) is 4.98 Å². The van der Waals surface area contributed by atoms with E-state index in [9.17, 15) is 4.39 Å². The van der Waals surface area contributed by atoms with Crippen molar-refractivity contribution in [3.63, 3.8) is 0 Å². The molecule has 3 heterocycles. The van der Waals surface area contributed by atoms with Crippen LogP contribution in [0.1, 0.15) is 11.8 Å². The standard InChI is InChI=1S/C16H10FN5O2/c17-12-3-1-11(2-4-12)16-21-20-14(23-16)9-13-19-15(22-24-13)10-5-7-18-8-6-10/h1-8H,9H2. The highest BCUT2D eigenvalue weighted by Crippen LogP contribution is 2.20. The third kappa shape index (κ3) is 2.89. The van der Waals surface area contributed by atoms with Gasteiger partial charge in [-0.15, -0.1) is 10.2 Å². The van der Waals surface area contributed by atoms with Crippen molar-refractivity contribution < 1.29 is 13.3 Å². The van der Waals surface area contributed by atoms with Crippen molar-refractivity contribution in [2.45, 2.75) is 6.42 Å². The van der Waals surface area contributed by atoms with Gasteiger partial charge in [0.25, 0.3) is 0 Å². The quantitative estimate of drug-likeness (QED) is 0.570. The van der Waals surface area contributed by atoms with Crippen LogP contribution < -0.4 is 0 Å². The van der Waals surface area contributed by atoms with Crippen LogP contribution in [-0.2, 0) is 6.42 Å². The van der Waals surface area contributed by atoms with Crippen molar-refractivity contribution in [2.75, 3.05) is 0 Å². The first-order chi connectivity index (χ1) is 11.8. The third-order valence-electron chi connectivity index (χ3n) is 3.27. The summed E-state index contributed by atoms with van der Waals surface area (Å²) in [5, 5.41) is 11.8. The fourth-order valence-corrected chi connectivity index (χ4v) is 2.11. The molecule has 24 heavy (non-hydrogen) atoms. The summed E-state index contributed by atoms with van der Waals surface area (Å²) in [7, 11) is 0. The van der Waals surface area contributed by atoms with Crippen LogP contribution in [-0.4, -0.2) is 25.3 Å².